The molecule has 2 nitrogen and oxygen atoms in total. The minimum Gasteiger partial charge on any atom is -0.285 e. The Morgan fingerprint density at radius 1 is 0.750 bits per heavy atom. The molecule has 2 heteroatoms. The van der Waals surface area contributed by atoms with E-state index in [1.165, 1.54) is 0 Å². The van der Waals surface area contributed by atoms with Gasteiger partial charge in [-0.2, -0.15) is 0 Å². The van der Waals surface area contributed by atoms with Crippen molar-refractivity contribution < 1.29 is 0 Å². The van der Waals surface area contributed by atoms with E-state index in [9.17, 15) is 0 Å². The van der Waals surface area contributed by atoms with Crippen LogP contribution in [0, 0.1) is 0 Å². The van der Waals surface area contributed by atoms with Crippen LogP contribution in [0.2, 0.25) is 0 Å². The zero-order valence-electron chi connectivity index (χ0n) is 9.05. The normalized spacial score (nSPS) is 14.7. The summed E-state index contributed by atoms with van der Waals surface area (Å²) in [5.41, 5.74) is 2.11. The van der Waals surface area contributed by atoms with Crippen LogP contribution in [-0.4, -0.2) is 23.5 Å². The first kappa shape index (κ1) is 11.3. The lowest BCUT2D eigenvalue weighted by molar-refractivity contribution is 0.828. The molecular weight excluding hydrogens is 148 g/mol. The highest BCUT2D eigenvalue weighted by Crippen LogP contribution is 1.94. The molecule has 0 aliphatic rings. The van der Waals surface area contributed by atoms with Crippen molar-refractivity contribution in [3.05, 3.63) is 0 Å². The summed E-state index contributed by atoms with van der Waals surface area (Å²) >= 11 is 0. The summed E-state index contributed by atoms with van der Waals surface area (Å²) in [6.07, 6.45) is 0. The standard InChI is InChI=1S/C10H20N2/c1-7(2)11-9(5)10(6)12-8(3)4/h7-8H,1-6H3. The first-order chi connectivity index (χ1) is 5.43. The van der Waals surface area contributed by atoms with Crippen LogP contribution in [0.3, 0.4) is 0 Å². The number of nitrogens with zero attached hydrogens (tertiary/aromatic N) is 2. The predicted octanol–water partition coefficient (Wildman–Crippen LogP) is 2.73. The molecule has 0 heterocycles. The van der Waals surface area contributed by atoms with Gasteiger partial charge in [0.25, 0.3) is 0 Å². The SMILES string of the molecule is CC(=NC(C)C)C(C)=NC(C)C. The maximum absolute atomic E-state index is 4.42. The van der Waals surface area contributed by atoms with Gasteiger partial charge >= 0.3 is 0 Å². The van der Waals surface area contributed by atoms with E-state index in [4.69, 9.17) is 0 Å². The van der Waals surface area contributed by atoms with Crippen molar-refractivity contribution in [1.29, 1.82) is 0 Å². The topological polar surface area (TPSA) is 24.7 Å². The Balaban J connectivity index is 4.38. The Bertz CT molecular complexity index is 166. The van der Waals surface area contributed by atoms with Gasteiger partial charge in [0.1, 0.15) is 0 Å². The summed E-state index contributed by atoms with van der Waals surface area (Å²) in [7, 11) is 0. The van der Waals surface area contributed by atoms with Crippen LogP contribution in [0.15, 0.2) is 9.98 Å². The first-order valence-corrected chi connectivity index (χ1v) is 4.52. The van der Waals surface area contributed by atoms with E-state index in [1.54, 1.807) is 0 Å². The third-order valence-corrected chi connectivity index (χ3v) is 1.43. The van der Waals surface area contributed by atoms with Crippen molar-refractivity contribution in [2.24, 2.45) is 9.98 Å². The van der Waals surface area contributed by atoms with E-state index in [0.717, 1.165) is 11.4 Å². The molecule has 0 atom stereocenters. The molecule has 0 aromatic heterocycles. The van der Waals surface area contributed by atoms with Gasteiger partial charge in [-0.3, -0.25) is 9.98 Å². The number of aliphatic imine (C=N–C) groups is 2. The average Bonchev–Trinajstić information content (AvgIpc) is 1.84. The Hall–Kier alpha value is -0.660. The highest BCUT2D eigenvalue weighted by Gasteiger charge is 1.98. The van der Waals surface area contributed by atoms with E-state index < -0.39 is 0 Å². The zero-order valence-corrected chi connectivity index (χ0v) is 9.05. The fourth-order valence-electron chi connectivity index (χ4n) is 0.961. The molecule has 0 aromatic rings. The van der Waals surface area contributed by atoms with E-state index in [2.05, 4.69) is 37.7 Å². The van der Waals surface area contributed by atoms with Crippen molar-refractivity contribution in [2.75, 3.05) is 0 Å². The van der Waals surface area contributed by atoms with Crippen molar-refractivity contribution in [2.45, 2.75) is 53.6 Å². The Morgan fingerprint density at radius 3 is 1.17 bits per heavy atom. The third kappa shape index (κ3) is 5.05. The molecule has 0 amide bonds. The summed E-state index contributed by atoms with van der Waals surface area (Å²) in [6, 6.07) is 0.727. The van der Waals surface area contributed by atoms with Gasteiger partial charge in [0.2, 0.25) is 0 Å². The van der Waals surface area contributed by atoms with Gasteiger partial charge < -0.3 is 0 Å². The molecule has 0 unspecified atom stereocenters. The minimum atomic E-state index is 0.363. The Kier molecular flexibility index (Phi) is 4.79. The van der Waals surface area contributed by atoms with Crippen molar-refractivity contribution in [3.8, 4) is 0 Å². The Labute approximate surface area is 75.8 Å². The van der Waals surface area contributed by atoms with Crippen LogP contribution >= 0.6 is 0 Å². The van der Waals surface area contributed by atoms with Crippen LogP contribution in [0.1, 0.15) is 41.5 Å². The van der Waals surface area contributed by atoms with Crippen LogP contribution in [0.25, 0.3) is 0 Å². The lowest BCUT2D eigenvalue weighted by atomic mass is 10.2. The molecule has 0 N–H and O–H groups in total. The number of hydrogen-bond donors (Lipinski definition) is 0. The molecule has 0 radical (unpaired) electrons. The van der Waals surface area contributed by atoms with Gasteiger partial charge in [0.05, 0.1) is 11.4 Å². The van der Waals surface area contributed by atoms with Crippen LogP contribution < -0.4 is 0 Å². The summed E-state index contributed by atoms with van der Waals surface area (Å²) in [5.74, 6) is 0. The van der Waals surface area contributed by atoms with E-state index in [-0.39, 0.29) is 0 Å². The van der Waals surface area contributed by atoms with Gasteiger partial charge in [-0.15, -0.1) is 0 Å². The minimum absolute atomic E-state index is 0.363. The lowest BCUT2D eigenvalue weighted by Gasteiger charge is -2.04. The van der Waals surface area contributed by atoms with Crippen LogP contribution in [0.5, 0.6) is 0 Å². The highest BCUT2D eigenvalue weighted by molar-refractivity contribution is 6.40. The quantitative estimate of drug-likeness (QED) is 0.579. The molecule has 12 heavy (non-hydrogen) atoms. The average molecular weight is 168 g/mol. The highest BCUT2D eigenvalue weighted by atomic mass is 14.8. The van der Waals surface area contributed by atoms with Crippen molar-refractivity contribution in [3.63, 3.8) is 0 Å². The molecule has 0 aliphatic carbocycles. The van der Waals surface area contributed by atoms with E-state index in [0.29, 0.717) is 12.1 Å². The van der Waals surface area contributed by atoms with Crippen LogP contribution in [-0.2, 0) is 0 Å². The molecular formula is C10H20N2. The van der Waals surface area contributed by atoms with Crippen molar-refractivity contribution >= 4 is 11.4 Å². The zero-order chi connectivity index (χ0) is 9.72. The largest absolute Gasteiger partial charge is 0.285 e. The summed E-state index contributed by atoms with van der Waals surface area (Å²) < 4.78 is 0. The van der Waals surface area contributed by atoms with Crippen molar-refractivity contribution in [1.82, 2.24) is 0 Å². The second-order valence-electron chi connectivity index (χ2n) is 3.62. The monoisotopic (exact) mass is 168 g/mol. The van der Waals surface area contributed by atoms with E-state index in [1.807, 2.05) is 13.8 Å². The maximum atomic E-state index is 4.42. The molecule has 0 saturated carbocycles. The predicted molar refractivity (Wildman–Crippen MR) is 56.5 cm³/mol. The smallest absolute Gasteiger partial charge is 0.0527 e. The molecule has 0 fully saturated rings. The summed E-state index contributed by atoms with van der Waals surface area (Å²) in [5, 5.41) is 0. The second kappa shape index (κ2) is 5.07. The molecule has 70 valence electrons. The third-order valence-electron chi connectivity index (χ3n) is 1.43. The fraction of sp³-hybridized carbons (Fsp3) is 0.800. The van der Waals surface area contributed by atoms with Gasteiger partial charge in [0.15, 0.2) is 0 Å². The van der Waals surface area contributed by atoms with Gasteiger partial charge in [0, 0.05) is 12.1 Å². The maximum Gasteiger partial charge on any atom is 0.0527 e. The fourth-order valence-corrected chi connectivity index (χ4v) is 0.961. The second-order valence-corrected chi connectivity index (χ2v) is 3.62. The number of rotatable bonds is 3. The molecule has 0 aliphatic heterocycles. The summed E-state index contributed by atoms with van der Waals surface area (Å²) in [4.78, 5) is 8.83. The van der Waals surface area contributed by atoms with Crippen LogP contribution in [0.4, 0.5) is 0 Å². The van der Waals surface area contributed by atoms with Gasteiger partial charge in [-0.05, 0) is 41.5 Å². The molecule has 0 saturated heterocycles. The lowest BCUT2D eigenvalue weighted by Crippen LogP contribution is -2.11. The molecule has 0 bridgehead atoms. The molecule has 0 rings (SSSR count). The Morgan fingerprint density at radius 2 is 1.00 bits per heavy atom. The number of hydrogen-bond acceptors (Lipinski definition) is 2. The van der Waals surface area contributed by atoms with Gasteiger partial charge in [-0.1, -0.05) is 0 Å². The van der Waals surface area contributed by atoms with Gasteiger partial charge in [-0.25, -0.2) is 0 Å². The molecule has 0 spiro atoms. The molecule has 0 aromatic carbocycles. The first-order valence-electron chi connectivity index (χ1n) is 4.52. The van der Waals surface area contributed by atoms with E-state index >= 15 is 0 Å². The summed E-state index contributed by atoms with van der Waals surface area (Å²) in [6.45, 7) is 12.3.